The van der Waals surface area contributed by atoms with Crippen LogP contribution in [0.2, 0.25) is 5.02 Å². The van der Waals surface area contributed by atoms with E-state index in [0.717, 1.165) is 11.4 Å². The first-order valence-corrected chi connectivity index (χ1v) is 5.18. The van der Waals surface area contributed by atoms with Gasteiger partial charge in [0, 0.05) is 0 Å². The van der Waals surface area contributed by atoms with Crippen LogP contribution in [0.4, 0.5) is 0 Å². The highest BCUT2D eigenvalue weighted by molar-refractivity contribution is 6.31. The van der Waals surface area contributed by atoms with Gasteiger partial charge >= 0.3 is 5.97 Å². The van der Waals surface area contributed by atoms with E-state index in [1.807, 2.05) is 20.8 Å². The second-order valence-corrected chi connectivity index (χ2v) is 4.06. The molecule has 0 atom stereocenters. The van der Waals surface area contributed by atoms with Gasteiger partial charge in [-0.05, 0) is 27.7 Å². The molecule has 0 saturated carbocycles. The molecule has 15 heavy (non-hydrogen) atoms. The first-order chi connectivity index (χ1) is 6.91. The van der Waals surface area contributed by atoms with Crippen molar-refractivity contribution < 1.29 is 9.53 Å². The standard InChI is InChI=1S/C10H15ClN2O2/c1-6(2)15-9(14)5-13-8(4)10(11)7(3)12-13/h6H,5H2,1-4H3. The molecule has 0 N–H and O–H groups in total. The number of ether oxygens (including phenoxy) is 1. The first kappa shape index (κ1) is 12.0. The van der Waals surface area contributed by atoms with Crippen molar-refractivity contribution in [2.45, 2.75) is 40.3 Å². The minimum atomic E-state index is -0.299. The lowest BCUT2D eigenvalue weighted by atomic mass is 10.4. The minimum Gasteiger partial charge on any atom is -0.462 e. The topological polar surface area (TPSA) is 44.1 Å². The second-order valence-electron chi connectivity index (χ2n) is 3.68. The molecule has 0 aliphatic carbocycles. The smallest absolute Gasteiger partial charge is 0.328 e. The predicted octanol–water partition coefficient (Wildman–Crippen LogP) is 2.10. The molecule has 0 bridgehead atoms. The monoisotopic (exact) mass is 230 g/mol. The van der Waals surface area contributed by atoms with E-state index in [-0.39, 0.29) is 18.6 Å². The molecule has 84 valence electrons. The van der Waals surface area contributed by atoms with Gasteiger partial charge in [-0.3, -0.25) is 9.48 Å². The largest absolute Gasteiger partial charge is 0.462 e. The molecule has 0 unspecified atom stereocenters. The Balaban J connectivity index is 2.73. The van der Waals surface area contributed by atoms with Gasteiger partial charge in [-0.25, -0.2) is 0 Å². The number of hydrogen-bond donors (Lipinski definition) is 0. The number of aryl methyl sites for hydroxylation is 1. The Morgan fingerprint density at radius 3 is 2.53 bits per heavy atom. The van der Waals surface area contributed by atoms with Crippen molar-refractivity contribution in [1.82, 2.24) is 9.78 Å². The van der Waals surface area contributed by atoms with E-state index in [2.05, 4.69) is 5.10 Å². The van der Waals surface area contributed by atoms with E-state index < -0.39 is 0 Å². The quantitative estimate of drug-likeness (QED) is 0.747. The maximum atomic E-state index is 11.4. The van der Waals surface area contributed by atoms with Gasteiger partial charge in [0.1, 0.15) is 6.54 Å². The van der Waals surface area contributed by atoms with Crippen LogP contribution in [0.25, 0.3) is 0 Å². The summed E-state index contributed by atoms with van der Waals surface area (Å²) in [7, 11) is 0. The molecule has 1 aromatic heterocycles. The lowest BCUT2D eigenvalue weighted by molar-refractivity contribution is -0.148. The average molecular weight is 231 g/mol. The summed E-state index contributed by atoms with van der Waals surface area (Å²) in [6.45, 7) is 7.36. The second kappa shape index (κ2) is 4.66. The molecule has 0 fully saturated rings. The average Bonchev–Trinajstić information content (AvgIpc) is 2.32. The van der Waals surface area contributed by atoms with Crippen LogP contribution in [0.3, 0.4) is 0 Å². The van der Waals surface area contributed by atoms with Crippen LogP contribution in [0.1, 0.15) is 25.2 Å². The normalized spacial score (nSPS) is 10.8. The Kier molecular flexibility index (Phi) is 3.74. The highest BCUT2D eigenvalue weighted by atomic mass is 35.5. The SMILES string of the molecule is Cc1nn(CC(=O)OC(C)C)c(C)c1Cl. The molecule has 0 spiro atoms. The lowest BCUT2D eigenvalue weighted by Gasteiger charge is -2.08. The van der Waals surface area contributed by atoms with Crippen molar-refractivity contribution in [2.24, 2.45) is 0 Å². The highest BCUT2D eigenvalue weighted by Gasteiger charge is 2.13. The fraction of sp³-hybridized carbons (Fsp3) is 0.600. The molecule has 1 aromatic rings. The van der Waals surface area contributed by atoms with Gasteiger partial charge in [-0.2, -0.15) is 5.10 Å². The highest BCUT2D eigenvalue weighted by Crippen LogP contribution is 2.18. The van der Waals surface area contributed by atoms with Crippen molar-refractivity contribution in [3.8, 4) is 0 Å². The fourth-order valence-electron chi connectivity index (χ4n) is 1.25. The molecule has 0 aromatic carbocycles. The molecule has 1 rings (SSSR count). The molecule has 0 aliphatic rings. The third-order valence-electron chi connectivity index (χ3n) is 1.94. The van der Waals surface area contributed by atoms with Gasteiger partial charge < -0.3 is 4.74 Å². The van der Waals surface area contributed by atoms with Gasteiger partial charge in [0.05, 0.1) is 22.5 Å². The molecular formula is C10H15ClN2O2. The number of rotatable bonds is 3. The molecule has 0 aliphatic heterocycles. The zero-order valence-electron chi connectivity index (χ0n) is 9.37. The molecular weight excluding hydrogens is 216 g/mol. The minimum absolute atomic E-state index is 0.107. The van der Waals surface area contributed by atoms with E-state index >= 15 is 0 Å². The van der Waals surface area contributed by atoms with Crippen LogP contribution >= 0.6 is 11.6 Å². The fourth-order valence-corrected chi connectivity index (χ4v) is 1.39. The van der Waals surface area contributed by atoms with Gasteiger partial charge in [-0.15, -0.1) is 0 Å². The summed E-state index contributed by atoms with van der Waals surface area (Å²) in [5.41, 5.74) is 1.52. The number of hydrogen-bond acceptors (Lipinski definition) is 3. The number of nitrogens with zero attached hydrogens (tertiary/aromatic N) is 2. The summed E-state index contributed by atoms with van der Waals surface area (Å²) in [4.78, 5) is 11.4. The zero-order valence-corrected chi connectivity index (χ0v) is 10.1. The summed E-state index contributed by atoms with van der Waals surface area (Å²) >= 11 is 5.95. The van der Waals surface area contributed by atoms with Gasteiger partial charge in [-0.1, -0.05) is 11.6 Å². The van der Waals surface area contributed by atoms with E-state index in [1.165, 1.54) is 0 Å². The molecule has 4 nitrogen and oxygen atoms in total. The van der Waals surface area contributed by atoms with Crippen molar-refractivity contribution in [3.05, 3.63) is 16.4 Å². The summed E-state index contributed by atoms with van der Waals surface area (Å²) in [6, 6.07) is 0. The summed E-state index contributed by atoms with van der Waals surface area (Å²) in [5, 5.41) is 4.74. The molecule has 5 heteroatoms. The third-order valence-corrected chi connectivity index (χ3v) is 2.49. The Morgan fingerprint density at radius 2 is 2.13 bits per heavy atom. The Labute approximate surface area is 94.2 Å². The van der Waals surface area contributed by atoms with Crippen LogP contribution in [-0.4, -0.2) is 21.9 Å². The van der Waals surface area contributed by atoms with Gasteiger partial charge in [0.2, 0.25) is 0 Å². The Morgan fingerprint density at radius 1 is 1.53 bits per heavy atom. The Hall–Kier alpha value is -1.03. The Bertz CT molecular complexity index is 372. The van der Waals surface area contributed by atoms with Crippen molar-refractivity contribution >= 4 is 17.6 Å². The number of halogens is 1. The van der Waals surface area contributed by atoms with E-state index in [9.17, 15) is 4.79 Å². The molecule has 1 heterocycles. The van der Waals surface area contributed by atoms with Crippen molar-refractivity contribution in [3.63, 3.8) is 0 Å². The maximum absolute atomic E-state index is 11.4. The number of carbonyl (C=O) groups is 1. The third kappa shape index (κ3) is 2.96. The number of carbonyl (C=O) groups excluding carboxylic acids is 1. The van der Waals surface area contributed by atoms with Crippen LogP contribution < -0.4 is 0 Å². The van der Waals surface area contributed by atoms with Crippen LogP contribution in [-0.2, 0) is 16.1 Å². The van der Waals surface area contributed by atoms with Crippen LogP contribution in [0.15, 0.2) is 0 Å². The van der Waals surface area contributed by atoms with Crippen LogP contribution in [0, 0.1) is 13.8 Å². The summed E-state index contributed by atoms with van der Waals surface area (Å²) < 4.78 is 6.57. The van der Waals surface area contributed by atoms with Crippen LogP contribution in [0.5, 0.6) is 0 Å². The van der Waals surface area contributed by atoms with E-state index in [4.69, 9.17) is 16.3 Å². The summed E-state index contributed by atoms with van der Waals surface area (Å²) in [6.07, 6.45) is -0.107. The predicted molar refractivity (Wildman–Crippen MR) is 57.9 cm³/mol. The maximum Gasteiger partial charge on any atom is 0.328 e. The van der Waals surface area contributed by atoms with E-state index in [0.29, 0.717) is 5.02 Å². The molecule has 0 saturated heterocycles. The van der Waals surface area contributed by atoms with E-state index in [1.54, 1.807) is 11.6 Å². The number of esters is 1. The first-order valence-electron chi connectivity index (χ1n) is 4.80. The lowest BCUT2D eigenvalue weighted by Crippen LogP contribution is -2.19. The van der Waals surface area contributed by atoms with Gasteiger partial charge in [0.15, 0.2) is 0 Å². The molecule has 0 amide bonds. The summed E-state index contributed by atoms with van der Waals surface area (Å²) in [5.74, 6) is -0.299. The number of aromatic nitrogens is 2. The van der Waals surface area contributed by atoms with Crippen molar-refractivity contribution in [1.29, 1.82) is 0 Å². The van der Waals surface area contributed by atoms with Gasteiger partial charge in [0.25, 0.3) is 0 Å². The molecule has 0 radical (unpaired) electrons. The zero-order chi connectivity index (χ0) is 11.6. The van der Waals surface area contributed by atoms with Crippen molar-refractivity contribution in [2.75, 3.05) is 0 Å².